The van der Waals surface area contributed by atoms with Crippen molar-refractivity contribution in [2.24, 2.45) is 23.7 Å². The van der Waals surface area contributed by atoms with Crippen molar-refractivity contribution in [2.45, 2.75) is 43.0 Å². The molecule has 9 heteroatoms. The SMILES string of the molecule is Cc1ccc(C(=O)C(C)OC(=O)c2cc(-c3ccc(N4C(=O)C5C6CC(C(Br)C6Br)C5C4=O)cc3)nc3ccc(C)cc23)cc1. The van der Waals surface area contributed by atoms with Gasteiger partial charge >= 0.3 is 5.97 Å². The first-order chi connectivity index (χ1) is 21.5. The number of carbonyl (C=O) groups is 4. The number of rotatable bonds is 6. The molecule has 2 amide bonds. The van der Waals surface area contributed by atoms with Crippen LogP contribution in [0.2, 0.25) is 0 Å². The van der Waals surface area contributed by atoms with Crippen molar-refractivity contribution < 1.29 is 23.9 Å². The number of alkyl halides is 2. The van der Waals surface area contributed by atoms with Crippen molar-refractivity contribution >= 4 is 72.0 Å². The van der Waals surface area contributed by atoms with Crippen LogP contribution in [-0.2, 0) is 14.3 Å². The van der Waals surface area contributed by atoms with E-state index in [1.165, 1.54) is 4.90 Å². The van der Waals surface area contributed by atoms with Crippen LogP contribution in [0.5, 0.6) is 0 Å². The third kappa shape index (κ3) is 4.95. The summed E-state index contributed by atoms with van der Waals surface area (Å²) >= 11 is 7.48. The number of hydrogen-bond acceptors (Lipinski definition) is 6. The van der Waals surface area contributed by atoms with Crippen LogP contribution in [0.1, 0.15) is 45.2 Å². The molecule has 7 rings (SSSR count). The molecule has 7 unspecified atom stereocenters. The molecule has 1 aliphatic heterocycles. The van der Waals surface area contributed by atoms with Gasteiger partial charge in [0.15, 0.2) is 6.10 Å². The fourth-order valence-electron chi connectivity index (χ4n) is 7.27. The van der Waals surface area contributed by atoms with Gasteiger partial charge in [-0.15, -0.1) is 0 Å². The summed E-state index contributed by atoms with van der Waals surface area (Å²) in [5.74, 6) is -1.47. The number of ketones is 1. The van der Waals surface area contributed by atoms with E-state index in [0.717, 1.165) is 17.5 Å². The second-order valence-electron chi connectivity index (χ2n) is 12.4. The van der Waals surface area contributed by atoms with Crippen molar-refractivity contribution in [3.63, 3.8) is 0 Å². The highest BCUT2D eigenvalue weighted by Crippen LogP contribution is 2.60. The Labute approximate surface area is 277 Å². The average molecular weight is 730 g/mol. The number of hydrogen-bond donors (Lipinski definition) is 0. The quantitative estimate of drug-likeness (QED) is 0.0900. The lowest BCUT2D eigenvalue weighted by Crippen LogP contribution is -2.37. The summed E-state index contributed by atoms with van der Waals surface area (Å²) in [5.41, 5.74) is 5.13. The lowest BCUT2D eigenvalue weighted by Gasteiger charge is -2.28. The van der Waals surface area contributed by atoms with Crippen LogP contribution in [0.3, 0.4) is 0 Å². The van der Waals surface area contributed by atoms with Gasteiger partial charge < -0.3 is 4.74 Å². The zero-order valence-electron chi connectivity index (χ0n) is 24.9. The highest BCUT2D eigenvalue weighted by atomic mass is 79.9. The maximum Gasteiger partial charge on any atom is 0.339 e. The topological polar surface area (TPSA) is 93.6 Å². The molecule has 0 radical (unpaired) electrons. The molecule has 1 aromatic heterocycles. The van der Waals surface area contributed by atoms with E-state index in [1.54, 1.807) is 49.4 Å². The van der Waals surface area contributed by atoms with E-state index in [-0.39, 0.29) is 50.9 Å². The molecule has 228 valence electrons. The molecule has 7 atom stereocenters. The van der Waals surface area contributed by atoms with Gasteiger partial charge in [0.25, 0.3) is 0 Å². The first kappa shape index (κ1) is 30.0. The van der Waals surface area contributed by atoms with E-state index in [9.17, 15) is 19.2 Å². The molecular formula is C36H30Br2N2O5. The number of amides is 2. The molecule has 1 saturated heterocycles. The smallest absolute Gasteiger partial charge is 0.339 e. The molecule has 3 aliphatic rings. The zero-order chi connectivity index (χ0) is 31.7. The number of ether oxygens (including phenoxy) is 1. The van der Waals surface area contributed by atoms with Crippen LogP contribution in [-0.4, -0.2) is 44.3 Å². The Morgan fingerprint density at radius 3 is 2.07 bits per heavy atom. The van der Waals surface area contributed by atoms with Crippen LogP contribution >= 0.6 is 31.9 Å². The summed E-state index contributed by atoms with van der Waals surface area (Å²) in [5, 5.41) is 0.625. The highest BCUT2D eigenvalue weighted by molar-refractivity contribution is 9.12. The van der Waals surface area contributed by atoms with Crippen LogP contribution in [0.15, 0.2) is 72.8 Å². The number of aryl methyl sites for hydroxylation is 2. The van der Waals surface area contributed by atoms with E-state index in [0.29, 0.717) is 39.0 Å². The predicted octanol–water partition coefficient (Wildman–Crippen LogP) is 7.23. The monoisotopic (exact) mass is 728 g/mol. The van der Waals surface area contributed by atoms with Crippen LogP contribution in [0.25, 0.3) is 22.2 Å². The van der Waals surface area contributed by atoms with Crippen molar-refractivity contribution in [1.29, 1.82) is 0 Å². The van der Waals surface area contributed by atoms with Gasteiger partial charge in [0, 0.05) is 26.2 Å². The minimum atomic E-state index is -0.985. The Hall–Kier alpha value is -3.69. The van der Waals surface area contributed by atoms with Gasteiger partial charge in [0.2, 0.25) is 17.6 Å². The number of nitrogens with zero attached hydrogens (tertiary/aromatic N) is 2. The summed E-state index contributed by atoms with van der Waals surface area (Å²) < 4.78 is 5.70. The molecule has 4 aromatic rings. The standard InChI is InChI=1S/C36H30Br2N2O5/c1-17-4-7-21(8-5-17)33(41)19(3)45-36(44)24-16-28(39-27-13-6-18(2)14-23(24)27)20-9-11-22(12-10-20)40-34(42)29-25-15-26(30(29)35(40)43)32(38)31(25)37/h4-14,16,19,25-26,29-32H,15H2,1-3H3. The van der Waals surface area contributed by atoms with Crippen LogP contribution in [0, 0.1) is 37.5 Å². The fraction of sp³-hybridized carbons (Fsp3) is 0.306. The Bertz CT molecular complexity index is 1860. The summed E-state index contributed by atoms with van der Waals surface area (Å²) in [4.78, 5) is 60.1. The normalized spacial score (nSPS) is 25.9. The first-order valence-electron chi connectivity index (χ1n) is 15.0. The van der Waals surface area contributed by atoms with Gasteiger partial charge in [-0.05, 0) is 69.4 Å². The Morgan fingerprint density at radius 2 is 1.44 bits per heavy atom. The number of Topliss-reactive ketones (excluding diaryl/α,β-unsaturated/α-hetero) is 1. The lowest BCUT2D eigenvalue weighted by atomic mass is 9.81. The molecule has 2 bridgehead atoms. The average Bonchev–Trinajstić information content (AvgIpc) is 3.65. The molecule has 3 fully saturated rings. The minimum Gasteiger partial charge on any atom is -0.451 e. The maximum atomic E-state index is 13.6. The maximum absolute atomic E-state index is 13.6. The Balaban J connectivity index is 1.17. The van der Waals surface area contributed by atoms with Gasteiger partial charge in [-0.25, -0.2) is 9.78 Å². The number of anilines is 1. The molecule has 45 heavy (non-hydrogen) atoms. The van der Waals surface area contributed by atoms with E-state index >= 15 is 0 Å². The summed E-state index contributed by atoms with van der Waals surface area (Å²) in [7, 11) is 0. The zero-order valence-corrected chi connectivity index (χ0v) is 28.0. The van der Waals surface area contributed by atoms with Crippen molar-refractivity contribution in [3.8, 4) is 11.3 Å². The second kappa shape index (κ2) is 11.3. The van der Waals surface area contributed by atoms with Gasteiger partial charge in [-0.1, -0.05) is 85.5 Å². The van der Waals surface area contributed by atoms with E-state index in [1.807, 2.05) is 44.2 Å². The molecule has 0 spiro atoms. The van der Waals surface area contributed by atoms with Gasteiger partial charge in [0.1, 0.15) is 0 Å². The number of esters is 1. The number of carbonyl (C=O) groups excluding carboxylic acids is 4. The van der Waals surface area contributed by atoms with Crippen molar-refractivity contribution in [2.75, 3.05) is 4.90 Å². The second-order valence-corrected chi connectivity index (χ2v) is 14.5. The highest BCUT2D eigenvalue weighted by Gasteiger charge is 2.66. The predicted molar refractivity (Wildman–Crippen MR) is 179 cm³/mol. The molecule has 2 aliphatic carbocycles. The number of fused-ring (bicyclic) bond motifs is 6. The number of benzene rings is 3. The van der Waals surface area contributed by atoms with E-state index in [4.69, 9.17) is 9.72 Å². The number of pyridine rings is 1. The summed E-state index contributed by atoms with van der Waals surface area (Å²) in [6.45, 7) is 5.45. The van der Waals surface area contributed by atoms with Gasteiger partial charge in [0.05, 0.1) is 34.3 Å². The molecule has 0 N–H and O–H groups in total. The van der Waals surface area contributed by atoms with Crippen LogP contribution < -0.4 is 4.90 Å². The van der Waals surface area contributed by atoms with Crippen LogP contribution in [0.4, 0.5) is 5.69 Å². The van der Waals surface area contributed by atoms with Gasteiger partial charge in [-0.2, -0.15) is 0 Å². The van der Waals surface area contributed by atoms with E-state index in [2.05, 4.69) is 31.9 Å². The minimum absolute atomic E-state index is 0.132. The third-order valence-corrected chi connectivity index (χ3v) is 12.8. The Morgan fingerprint density at radius 1 is 0.844 bits per heavy atom. The van der Waals surface area contributed by atoms with Crippen molar-refractivity contribution in [1.82, 2.24) is 4.98 Å². The number of imide groups is 1. The summed E-state index contributed by atoms with van der Waals surface area (Å²) in [6, 6.07) is 21.6. The summed E-state index contributed by atoms with van der Waals surface area (Å²) in [6.07, 6.45) is -0.108. The molecule has 7 nitrogen and oxygen atoms in total. The number of halogens is 2. The Kier molecular flexibility index (Phi) is 7.52. The molecule has 3 aromatic carbocycles. The molecular weight excluding hydrogens is 700 g/mol. The van der Waals surface area contributed by atoms with E-state index < -0.39 is 12.1 Å². The fourth-order valence-corrected chi connectivity index (χ4v) is 9.14. The lowest BCUT2D eigenvalue weighted by molar-refractivity contribution is -0.123. The first-order valence-corrected chi connectivity index (χ1v) is 16.9. The molecule has 2 saturated carbocycles. The third-order valence-electron chi connectivity index (χ3n) is 9.58. The molecule has 2 heterocycles. The van der Waals surface area contributed by atoms with Crippen molar-refractivity contribution in [3.05, 3.63) is 95.1 Å². The van der Waals surface area contributed by atoms with Gasteiger partial charge in [-0.3, -0.25) is 19.3 Å². The largest absolute Gasteiger partial charge is 0.451 e. The number of aromatic nitrogens is 1.